The van der Waals surface area contributed by atoms with Gasteiger partial charge in [0.2, 0.25) is 0 Å². The second-order valence-electron chi connectivity index (χ2n) is 3.67. The zero-order valence-electron chi connectivity index (χ0n) is 10.2. The van der Waals surface area contributed by atoms with Crippen LogP contribution in [0.4, 0.5) is 0 Å². The van der Waals surface area contributed by atoms with E-state index in [0.717, 1.165) is 39.4 Å². The van der Waals surface area contributed by atoms with Crippen LogP contribution in [0.25, 0.3) is 0 Å². The predicted molar refractivity (Wildman–Crippen MR) is 61.7 cm³/mol. The zero-order chi connectivity index (χ0) is 10.8. The molecule has 0 saturated carbocycles. The van der Waals surface area contributed by atoms with Gasteiger partial charge >= 0.3 is 0 Å². The third-order valence-corrected chi connectivity index (χ3v) is 2.34. The maximum atomic E-state index is 5.24. The molecule has 0 saturated heterocycles. The molecule has 0 atom stereocenters. The number of ether oxygens (including phenoxy) is 1. The standard InChI is InChI=1S/C11H26N2O/c1-5-13(11(3)4)9-7-12-8-10-14-6-2/h11-12H,5-10H2,1-4H3. The first-order valence-electron chi connectivity index (χ1n) is 5.74. The van der Waals surface area contributed by atoms with Gasteiger partial charge in [0.05, 0.1) is 6.61 Å². The lowest BCUT2D eigenvalue weighted by molar-refractivity contribution is 0.147. The van der Waals surface area contributed by atoms with E-state index in [1.54, 1.807) is 0 Å². The molecular weight excluding hydrogens is 176 g/mol. The zero-order valence-corrected chi connectivity index (χ0v) is 10.2. The lowest BCUT2D eigenvalue weighted by Gasteiger charge is -2.24. The Bertz CT molecular complexity index is 118. The van der Waals surface area contributed by atoms with E-state index in [4.69, 9.17) is 4.74 Å². The number of hydrogen-bond acceptors (Lipinski definition) is 3. The Hall–Kier alpha value is -0.120. The van der Waals surface area contributed by atoms with Crippen LogP contribution >= 0.6 is 0 Å². The summed E-state index contributed by atoms with van der Waals surface area (Å²) in [5, 5.41) is 3.37. The van der Waals surface area contributed by atoms with Gasteiger partial charge in [0.25, 0.3) is 0 Å². The van der Waals surface area contributed by atoms with E-state index in [0.29, 0.717) is 6.04 Å². The maximum Gasteiger partial charge on any atom is 0.0590 e. The van der Waals surface area contributed by atoms with E-state index >= 15 is 0 Å². The van der Waals surface area contributed by atoms with Gasteiger partial charge in [-0.25, -0.2) is 0 Å². The number of rotatable bonds is 9. The Balaban J connectivity index is 3.25. The first kappa shape index (κ1) is 13.9. The molecule has 0 fully saturated rings. The van der Waals surface area contributed by atoms with Crippen LogP contribution in [0.1, 0.15) is 27.7 Å². The molecule has 0 amide bonds. The number of hydrogen-bond donors (Lipinski definition) is 1. The molecule has 3 nitrogen and oxygen atoms in total. The number of nitrogens with zero attached hydrogens (tertiary/aromatic N) is 1. The molecular formula is C11H26N2O. The van der Waals surface area contributed by atoms with Crippen LogP contribution in [0.2, 0.25) is 0 Å². The minimum absolute atomic E-state index is 0.647. The highest BCUT2D eigenvalue weighted by atomic mass is 16.5. The average Bonchev–Trinajstić information content (AvgIpc) is 2.16. The van der Waals surface area contributed by atoms with Crippen molar-refractivity contribution in [3.63, 3.8) is 0 Å². The summed E-state index contributed by atoms with van der Waals surface area (Å²) >= 11 is 0. The summed E-state index contributed by atoms with van der Waals surface area (Å²) in [6, 6.07) is 0.647. The summed E-state index contributed by atoms with van der Waals surface area (Å²) in [6.45, 7) is 14.6. The molecule has 86 valence electrons. The third-order valence-electron chi connectivity index (χ3n) is 2.34. The van der Waals surface area contributed by atoms with Crippen molar-refractivity contribution in [1.29, 1.82) is 0 Å². The molecule has 0 spiro atoms. The summed E-state index contributed by atoms with van der Waals surface area (Å²) < 4.78 is 5.24. The first-order valence-corrected chi connectivity index (χ1v) is 5.74. The van der Waals surface area contributed by atoms with Crippen LogP contribution in [0, 0.1) is 0 Å². The van der Waals surface area contributed by atoms with Crippen molar-refractivity contribution < 1.29 is 4.74 Å². The van der Waals surface area contributed by atoms with E-state index in [1.165, 1.54) is 0 Å². The lowest BCUT2D eigenvalue weighted by Crippen LogP contribution is -2.37. The summed E-state index contributed by atoms with van der Waals surface area (Å²) in [4.78, 5) is 2.45. The van der Waals surface area contributed by atoms with Gasteiger partial charge in [-0.05, 0) is 27.3 Å². The second-order valence-corrected chi connectivity index (χ2v) is 3.67. The van der Waals surface area contributed by atoms with E-state index in [9.17, 15) is 0 Å². The minimum Gasteiger partial charge on any atom is -0.380 e. The van der Waals surface area contributed by atoms with Crippen molar-refractivity contribution >= 4 is 0 Å². The second kappa shape index (κ2) is 9.44. The molecule has 0 heterocycles. The molecule has 0 aliphatic carbocycles. The van der Waals surface area contributed by atoms with E-state index in [1.807, 2.05) is 6.92 Å². The predicted octanol–water partition coefficient (Wildman–Crippen LogP) is 1.34. The fourth-order valence-electron chi connectivity index (χ4n) is 1.42. The molecule has 3 heteroatoms. The molecule has 0 aliphatic heterocycles. The van der Waals surface area contributed by atoms with E-state index in [-0.39, 0.29) is 0 Å². The van der Waals surface area contributed by atoms with Crippen LogP contribution < -0.4 is 5.32 Å². The lowest BCUT2D eigenvalue weighted by atomic mass is 10.3. The Morgan fingerprint density at radius 1 is 1.21 bits per heavy atom. The monoisotopic (exact) mass is 202 g/mol. The van der Waals surface area contributed by atoms with Crippen LogP contribution in [-0.4, -0.2) is 50.3 Å². The van der Waals surface area contributed by atoms with Gasteiger partial charge in [-0.2, -0.15) is 0 Å². The Morgan fingerprint density at radius 3 is 2.43 bits per heavy atom. The van der Waals surface area contributed by atoms with E-state index < -0.39 is 0 Å². The van der Waals surface area contributed by atoms with Crippen molar-refractivity contribution in [3.05, 3.63) is 0 Å². The van der Waals surface area contributed by atoms with Crippen LogP contribution in [0.5, 0.6) is 0 Å². The summed E-state index contributed by atoms with van der Waals surface area (Å²) in [6.07, 6.45) is 0. The molecule has 0 aromatic heterocycles. The van der Waals surface area contributed by atoms with Gasteiger partial charge in [-0.3, -0.25) is 4.90 Å². The fraction of sp³-hybridized carbons (Fsp3) is 1.00. The van der Waals surface area contributed by atoms with Gasteiger partial charge in [0.1, 0.15) is 0 Å². The summed E-state index contributed by atoms with van der Waals surface area (Å²) in [5.74, 6) is 0. The normalized spacial score (nSPS) is 11.6. The smallest absolute Gasteiger partial charge is 0.0590 e. The van der Waals surface area contributed by atoms with Crippen LogP contribution in [-0.2, 0) is 4.74 Å². The maximum absolute atomic E-state index is 5.24. The summed E-state index contributed by atoms with van der Waals surface area (Å²) in [7, 11) is 0. The van der Waals surface area contributed by atoms with Crippen LogP contribution in [0.15, 0.2) is 0 Å². The summed E-state index contributed by atoms with van der Waals surface area (Å²) in [5.41, 5.74) is 0. The topological polar surface area (TPSA) is 24.5 Å². The molecule has 1 N–H and O–H groups in total. The van der Waals surface area contributed by atoms with Gasteiger partial charge in [0.15, 0.2) is 0 Å². The SMILES string of the molecule is CCOCCNCCN(CC)C(C)C. The third kappa shape index (κ3) is 7.30. The number of likely N-dealkylation sites (N-methyl/N-ethyl adjacent to an activating group) is 1. The highest BCUT2D eigenvalue weighted by molar-refractivity contribution is 4.61. The molecule has 0 aromatic rings. The van der Waals surface area contributed by atoms with Crippen molar-refractivity contribution in [2.24, 2.45) is 0 Å². The Labute approximate surface area is 88.8 Å². The average molecular weight is 202 g/mol. The number of nitrogens with one attached hydrogen (secondary N) is 1. The molecule has 0 bridgehead atoms. The molecule has 0 radical (unpaired) electrons. The highest BCUT2D eigenvalue weighted by Gasteiger charge is 2.04. The van der Waals surface area contributed by atoms with E-state index in [2.05, 4.69) is 31.0 Å². The highest BCUT2D eigenvalue weighted by Crippen LogP contribution is 1.94. The Morgan fingerprint density at radius 2 is 1.93 bits per heavy atom. The van der Waals surface area contributed by atoms with Crippen molar-refractivity contribution in [3.8, 4) is 0 Å². The van der Waals surface area contributed by atoms with Gasteiger partial charge in [-0.1, -0.05) is 6.92 Å². The van der Waals surface area contributed by atoms with Crippen LogP contribution in [0.3, 0.4) is 0 Å². The molecule has 0 unspecified atom stereocenters. The van der Waals surface area contributed by atoms with Gasteiger partial charge < -0.3 is 10.1 Å². The molecule has 14 heavy (non-hydrogen) atoms. The largest absolute Gasteiger partial charge is 0.380 e. The van der Waals surface area contributed by atoms with Crippen molar-refractivity contribution in [2.45, 2.75) is 33.7 Å². The molecule has 0 rings (SSSR count). The quantitative estimate of drug-likeness (QED) is 0.571. The van der Waals surface area contributed by atoms with Crippen molar-refractivity contribution in [2.75, 3.05) is 39.4 Å². The van der Waals surface area contributed by atoms with Gasteiger partial charge in [0, 0.05) is 32.3 Å². The minimum atomic E-state index is 0.647. The molecule has 0 aromatic carbocycles. The molecule has 0 aliphatic rings. The van der Waals surface area contributed by atoms with Crippen molar-refractivity contribution in [1.82, 2.24) is 10.2 Å². The Kier molecular flexibility index (Phi) is 9.35. The fourth-order valence-corrected chi connectivity index (χ4v) is 1.42. The van der Waals surface area contributed by atoms with Gasteiger partial charge in [-0.15, -0.1) is 0 Å². The first-order chi connectivity index (χ1) is 6.72.